The van der Waals surface area contributed by atoms with Crippen LogP contribution in [0.3, 0.4) is 0 Å². The lowest BCUT2D eigenvalue weighted by molar-refractivity contribution is -0.138. The van der Waals surface area contributed by atoms with Crippen LogP contribution in [0.4, 0.5) is 21.0 Å². The second-order valence-corrected chi connectivity index (χ2v) is 28.7. The number of rotatable bonds is 39. The minimum absolute atomic E-state index is 0.0131. The van der Waals surface area contributed by atoms with Gasteiger partial charge in [-0.15, -0.1) is 0 Å². The highest BCUT2D eigenvalue weighted by Gasteiger charge is 2.39. The van der Waals surface area contributed by atoms with Crippen LogP contribution in [-0.4, -0.2) is 184 Å². The number of nitrogens with two attached hydrogens (primary N) is 1. The van der Waals surface area contributed by atoms with Crippen molar-refractivity contribution < 1.29 is 72.2 Å². The fraction of sp³-hybridized carbons (Fsp3) is 0.405. The zero-order valence-corrected chi connectivity index (χ0v) is 63.1. The van der Waals surface area contributed by atoms with Gasteiger partial charge in [-0.3, -0.25) is 67.8 Å². The number of aromatic nitrogens is 1. The third-order valence-electron chi connectivity index (χ3n) is 18.5. The summed E-state index contributed by atoms with van der Waals surface area (Å²) in [4.78, 5) is 199. The van der Waals surface area contributed by atoms with E-state index in [1.807, 2.05) is 62.6 Å². The Labute approximate surface area is 647 Å². The fourth-order valence-electron chi connectivity index (χ4n) is 12.8. The van der Waals surface area contributed by atoms with Crippen molar-refractivity contribution in [2.45, 2.75) is 178 Å². The van der Waals surface area contributed by atoms with Crippen LogP contribution in [-0.2, 0) is 89.6 Å². The molecule has 5 aromatic carbocycles. The fourth-order valence-corrected chi connectivity index (χ4v) is 13.0. The van der Waals surface area contributed by atoms with Gasteiger partial charge in [0.2, 0.25) is 71.3 Å². The Morgan fingerprint density at radius 3 is 1.58 bits per heavy atom. The molecule has 0 aliphatic carbocycles. The molecule has 2 aliphatic heterocycles. The molecule has 2 fully saturated rings. The highest BCUT2D eigenvalue weighted by Crippen LogP contribution is 2.22. The van der Waals surface area contributed by atoms with E-state index in [9.17, 15) is 62.6 Å². The highest BCUT2D eigenvalue weighted by molar-refractivity contribution is 6.30. The molecule has 10 atom stereocenters. The number of aliphatic hydroxyl groups excluding tert-OH is 1. The Morgan fingerprint density at radius 1 is 0.577 bits per heavy atom. The zero-order chi connectivity index (χ0) is 80.3. The molecule has 6 aromatic rings. The highest BCUT2D eigenvalue weighted by atomic mass is 35.5. The summed E-state index contributed by atoms with van der Waals surface area (Å²) >= 11 is 6.26. The van der Waals surface area contributed by atoms with E-state index in [0.29, 0.717) is 65.1 Å². The lowest BCUT2D eigenvalue weighted by Crippen LogP contribution is -2.61. The SMILES string of the molecule is CC(=O)N[C@@H](Cc1ccc2ccccc2c1)C(=O)N[C@H](Cc1ccc(Cl)cc1)C(=O)N[C@@H](Cc1cccnc1)C(=O)N[C@H](CO)C(=O)N[C@H](Cc1ccc(NC(=O)[C@@H]2CC(=O)NC(=O)N2)cc1)C(=O)N[C@H](Cc1ccc(NC(N)=O)cc1)C(=O)N[C@@H](CC(C)C)C(=O)N[C@@H](CCCCNC(C)C)C(=O)N1CCC[C@H]1[C]=O. The number of primary amides is 1. The number of unbranched alkanes of at least 4 members (excludes halogenated alkanes) is 1. The van der Waals surface area contributed by atoms with Crippen LogP contribution in [0.5, 0.6) is 0 Å². The number of nitrogens with zero attached hydrogens (tertiary/aromatic N) is 2. The number of hydrogen-bond donors (Lipinski definition) is 15. The van der Waals surface area contributed by atoms with Crippen molar-refractivity contribution in [1.29, 1.82) is 0 Å². The van der Waals surface area contributed by atoms with E-state index in [1.165, 1.54) is 72.7 Å². The number of anilines is 2. The van der Waals surface area contributed by atoms with Crippen LogP contribution >= 0.6 is 11.6 Å². The quantitative estimate of drug-likeness (QED) is 0.0247. The molecule has 1 aromatic heterocycles. The summed E-state index contributed by atoms with van der Waals surface area (Å²) in [5, 5.41) is 47.9. The number of carbonyl (C=O) groups is 13. The van der Waals surface area contributed by atoms with Gasteiger partial charge in [0.15, 0.2) is 0 Å². The summed E-state index contributed by atoms with van der Waals surface area (Å²) in [5.74, 6) is -9.23. The van der Waals surface area contributed by atoms with Gasteiger partial charge < -0.3 is 79.5 Å². The Morgan fingerprint density at radius 2 is 1.06 bits per heavy atom. The first-order valence-corrected chi connectivity index (χ1v) is 37.2. The predicted octanol–water partition coefficient (Wildman–Crippen LogP) is 2.63. The number of nitrogens with one attached hydrogen (secondary N) is 13. The number of urea groups is 2. The minimum atomic E-state index is -1.90. The lowest BCUT2D eigenvalue weighted by atomic mass is 9.99. The van der Waals surface area contributed by atoms with E-state index >= 15 is 9.59 Å². The number of amides is 15. The van der Waals surface area contributed by atoms with Gasteiger partial charge in [-0.05, 0) is 132 Å². The van der Waals surface area contributed by atoms with E-state index < -0.39 is 150 Å². The number of aliphatic hydroxyl groups is 1. The van der Waals surface area contributed by atoms with Crippen molar-refractivity contribution in [3.63, 3.8) is 0 Å². The van der Waals surface area contributed by atoms with Gasteiger partial charge in [0.1, 0.15) is 54.4 Å². The molecule has 589 valence electrons. The molecular weight excluding hydrogens is 1450 g/mol. The topological polar surface area (TPSA) is 458 Å². The number of halogens is 1. The molecule has 31 nitrogen and oxygen atoms in total. The first-order valence-electron chi connectivity index (χ1n) is 36.8. The number of fused-ring (bicyclic) bond motifs is 1. The largest absolute Gasteiger partial charge is 0.394 e. The van der Waals surface area contributed by atoms with Gasteiger partial charge in [0.05, 0.1) is 19.1 Å². The molecule has 0 saturated carbocycles. The normalized spacial score (nSPS) is 16.1. The van der Waals surface area contributed by atoms with Crippen molar-refractivity contribution in [2.24, 2.45) is 11.7 Å². The van der Waals surface area contributed by atoms with Crippen LogP contribution in [0.25, 0.3) is 10.8 Å². The van der Waals surface area contributed by atoms with Gasteiger partial charge in [-0.1, -0.05) is 124 Å². The number of hydrogen-bond acceptors (Lipinski definition) is 17. The number of benzene rings is 5. The van der Waals surface area contributed by atoms with E-state index in [2.05, 4.69) is 74.1 Å². The monoisotopic (exact) mass is 1540 g/mol. The summed E-state index contributed by atoms with van der Waals surface area (Å²) < 4.78 is 0. The maximum absolute atomic E-state index is 15.4. The third kappa shape index (κ3) is 26.8. The number of pyridine rings is 1. The van der Waals surface area contributed by atoms with Gasteiger partial charge in [-0.2, -0.15) is 0 Å². The van der Waals surface area contributed by atoms with Crippen LogP contribution in [0.1, 0.15) is 107 Å². The zero-order valence-electron chi connectivity index (χ0n) is 62.3. The summed E-state index contributed by atoms with van der Waals surface area (Å²) in [6, 6.07) is 19.1. The van der Waals surface area contributed by atoms with E-state index in [4.69, 9.17) is 17.3 Å². The Kier molecular flexibility index (Phi) is 31.9. The first kappa shape index (κ1) is 84.9. The Hall–Kier alpha value is -11.7. The van der Waals surface area contributed by atoms with Gasteiger partial charge in [0.25, 0.3) is 0 Å². The molecule has 0 unspecified atom stereocenters. The molecule has 111 heavy (non-hydrogen) atoms. The van der Waals surface area contributed by atoms with E-state index in [1.54, 1.807) is 50.2 Å². The maximum Gasteiger partial charge on any atom is 0.322 e. The van der Waals surface area contributed by atoms with E-state index in [-0.39, 0.29) is 74.8 Å². The number of imide groups is 1. The molecule has 0 spiro atoms. The molecule has 32 heteroatoms. The van der Waals surface area contributed by atoms with Crippen molar-refractivity contribution in [2.75, 3.05) is 30.3 Å². The predicted molar refractivity (Wildman–Crippen MR) is 413 cm³/mol. The number of carbonyl (C=O) groups excluding carboxylic acids is 14. The maximum atomic E-state index is 15.4. The van der Waals surface area contributed by atoms with Crippen molar-refractivity contribution >= 4 is 117 Å². The summed E-state index contributed by atoms with van der Waals surface area (Å²) in [6.07, 6.45) is 5.62. The summed E-state index contributed by atoms with van der Waals surface area (Å²) in [7, 11) is 0. The van der Waals surface area contributed by atoms with E-state index in [0.717, 1.165) is 10.8 Å². The second kappa shape index (κ2) is 41.8. The van der Waals surface area contributed by atoms with Crippen molar-refractivity contribution in [3.8, 4) is 0 Å². The molecule has 2 saturated heterocycles. The van der Waals surface area contributed by atoms with Crippen LogP contribution < -0.4 is 74.9 Å². The van der Waals surface area contributed by atoms with Crippen molar-refractivity contribution in [3.05, 3.63) is 173 Å². The molecular formula is C79H96ClN16O15. The summed E-state index contributed by atoms with van der Waals surface area (Å²) in [5.41, 5.74) is 8.18. The molecule has 2 aliphatic rings. The average molecular weight is 1550 g/mol. The second-order valence-electron chi connectivity index (χ2n) is 28.2. The Bertz CT molecular complexity index is 4270. The molecule has 1 radical (unpaired) electrons. The van der Waals surface area contributed by atoms with Crippen LogP contribution in [0.15, 0.2) is 140 Å². The average Bonchev–Trinajstić information content (AvgIpc) is 1.79. The first-order chi connectivity index (χ1) is 53.1. The Balaban J connectivity index is 1.09. The standard InChI is InChI=1S/C79H96ClN16O15/c1-45(2)34-60(70(102)87-59(16-8-9-32-83-46(3)4)77(109)96-33-11-15-58(96)43-97)88-72(104)63(37-50-22-29-57(30-23-50)86-78(81)110)90-74(106)64(38-49-20-27-56(28-21-49)85-69(101)66-41-68(100)95-79(111)94-66)92-76(108)67(44-98)93-75(107)65(40-52-12-10-31-82-42-52)91-73(105)62(36-48-18-25-55(80)26-19-48)89-71(103)61(84-47(5)99)39-51-17-24-53-13-6-7-14-54(53)35-51/h6-7,10,12-14,17-31,35,42,45-46,58-67,83,98H,8-9,11,15-16,32-34,36-41,44H2,1-5H3,(H,84,99)(H,85,101)(H,87,102)(H,88,104)(H,89,103)(H,90,106)(H,91,105)(H,92,108)(H,93,107)(H3,81,86,110)(H2,94,95,100,111)/t58-,59-,60-,61-,62+,63+,64+,65-,66-,67+/m0/s1. The lowest BCUT2D eigenvalue weighted by Gasteiger charge is -2.30. The van der Waals surface area contributed by atoms with Crippen molar-refractivity contribution in [1.82, 2.24) is 68.4 Å². The minimum Gasteiger partial charge on any atom is -0.394 e. The summed E-state index contributed by atoms with van der Waals surface area (Å²) in [6.45, 7) is 8.61. The molecule has 16 N–H and O–H groups in total. The third-order valence-corrected chi connectivity index (χ3v) is 18.7. The van der Waals surface area contributed by atoms with Gasteiger partial charge >= 0.3 is 12.1 Å². The molecule has 3 heterocycles. The van der Waals surface area contributed by atoms with Gasteiger partial charge in [0, 0.05) is 80.4 Å². The van der Waals surface area contributed by atoms with Gasteiger partial charge in [-0.25, -0.2) is 9.59 Å². The molecule has 0 bridgehead atoms. The smallest absolute Gasteiger partial charge is 0.322 e. The molecule has 15 amide bonds. The van der Waals surface area contributed by atoms with Crippen LogP contribution in [0, 0.1) is 5.92 Å². The molecule has 8 rings (SSSR count). The van der Waals surface area contributed by atoms with Crippen LogP contribution in [0.2, 0.25) is 5.02 Å². The number of likely N-dealkylation sites (tertiary alicyclic amines) is 1.